The molecule has 1 saturated heterocycles. The molecule has 0 bridgehead atoms. The standard InChI is InChI=1S/C19H20N4O2/c1-14(16-5-2-4-15(10-16)11-20)22-19(24)23-9-7-18(13-23)25-17-6-3-8-21-12-17/h2-6,8,10,12,14,18H,7,9,13H2,1H3,(H,22,24)/t14-,18-/m0/s1. The van der Waals surface area contributed by atoms with Crippen LogP contribution in [-0.4, -0.2) is 35.1 Å². The summed E-state index contributed by atoms with van der Waals surface area (Å²) in [5.41, 5.74) is 1.50. The Balaban J connectivity index is 1.54. The van der Waals surface area contributed by atoms with E-state index in [0.717, 1.165) is 17.7 Å². The van der Waals surface area contributed by atoms with Crippen LogP contribution >= 0.6 is 0 Å². The summed E-state index contributed by atoms with van der Waals surface area (Å²) in [4.78, 5) is 18.2. The molecule has 0 unspecified atom stereocenters. The van der Waals surface area contributed by atoms with E-state index in [2.05, 4.69) is 16.4 Å². The number of nitriles is 1. The van der Waals surface area contributed by atoms with E-state index in [1.165, 1.54) is 0 Å². The molecule has 0 radical (unpaired) electrons. The van der Waals surface area contributed by atoms with Gasteiger partial charge in [0.15, 0.2) is 0 Å². The predicted octanol–water partition coefficient (Wildman–Crippen LogP) is 2.88. The van der Waals surface area contributed by atoms with Crippen molar-refractivity contribution in [1.82, 2.24) is 15.2 Å². The van der Waals surface area contributed by atoms with Gasteiger partial charge < -0.3 is 15.0 Å². The van der Waals surface area contributed by atoms with Gasteiger partial charge in [-0.1, -0.05) is 12.1 Å². The lowest BCUT2D eigenvalue weighted by Gasteiger charge is -2.21. The summed E-state index contributed by atoms with van der Waals surface area (Å²) in [7, 11) is 0. The molecule has 128 valence electrons. The molecule has 6 nitrogen and oxygen atoms in total. The first-order valence-corrected chi connectivity index (χ1v) is 8.28. The van der Waals surface area contributed by atoms with E-state index in [4.69, 9.17) is 10.00 Å². The van der Waals surface area contributed by atoms with E-state index in [0.29, 0.717) is 18.7 Å². The topological polar surface area (TPSA) is 78.2 Å². The van der Waals surface area contributed by atoms with Crippen LogP contribution in [0.4, 0.5) is 4.79 Å². The van der Waals surface area contributed by atoms with Crippen molar-refractivity contribution in [3.05, 3.63) is 59.9 Å². The number of carbonyl (C=O) groups excluding carboxylic acids is 1. The average molecular weight is 336 g/mol. The molecule has 1 aromatic heterocycles. The number of hydrogen-bond donors (Lipinski definition) is 1. The molecule has 1 aromatic carbocycles. The zero-order valence-corrected chi connectivity index (χ0v) is 14.1. The van der Waals surface area contributed by atoms with Crippen molar-refractivity contribution in [2.75, 3.05) is 13.1 Å². The van der Waals surface area contributed by atoms with E-state index < -0.39 is 0 Å². The molecule has 0 saturated carbocycles. The second kappa shape index (κ2) is 7.67. The van der Waals surface area contributed by atoms with Gasteiger partial charge in [0.25, 0.3) is 0 Å². The maximum atomic E-state index is 12.5. The number of aromatic nitrogens is 1. The van der Waals surface area contributed by atoms with Crippen LogP contribution in [0.1, 0.15) is 30.5 Å². The maximum absolute atomic E-state index is 12.5. The molecule has 0 spiro atoms. The Bertz CT molecular complexity index is 772. The number of urea groups is 1. The molecular weight excluding hydrogens is 316 g/mol. The summed E-state index contributed by atoms with van der Waals surface area (Å²) in [6, 6.07) is 12.8. The number of pyridine rings is 1. The summed E-state index contributed by atoms with van der Waals surface area (Å²) in [5.74, 6) is 0.719. The van der Waals surface area contributed by atoms with Crippen molar-refractivity contribution in [3.63, 3.8) is 0 Å². The number of amides is 2. The average Bonchev–Trinajstić information content (AvgIpc) is 3.11. The number of nitrogens with one attached hydrogen (secondary N) is 1. The highest BCUT2D eigenvalue weighted by Crippen LogP contribution is 2.19. The minimum atomic E-state index is -0.168. The van der Waals surface area contributed by atoms with E-state index in [1.807, 2.05) is 31.2 Å². The maximum Gasteiger partial charge on any atom is 0.318 e. The Kier molecular flexibility index (Phi) is 5.14. The van der Waals surface area contributed by atoms with Crippen LogP contribution in [0.25, 0.3) is 0 Å². The molecule has 1 N–H and O–H groups in total. The van der Waals surface area contributed by atoms with Crippen molar-refractivity contribution >= 4 is 6.03 Å². The highest BCUT2D eigenvalue weighted by molar-refractivity contribution is 5.75. The predicted molar refractivity (Wildman–Crippen MR) is 92.9 cm³/mol. The smallest absolute Gasteiger partial charge is 0.318 e. The molecule has 2 amide bonds. The van der Waals surface area contributed by atoms with Gasteiger partial charge in [0.1, 0.15) is 11.9 Å². The Labute approximate surface area is 147 Å². The highest BCUT2D eigenvalue weighted by Gasteiger charge is 2.28. The molecule has 1 aliphatic rings. The summed E-state index contributed by atoms with van der Waals surface area (Å²) in [6.07, 6.45) is 4.14. The van der Waals surface area contributed by atoms with Crippen molar-refractivity contribution < 1.29 is 9.53 Å². The van der Waals surface area contributed by atoms with E-state index in [-0.39, 0.29) is 18.2 Å². The van der Waals surface area contributed by atoms with Gasteiger partial charge in [-0.25, -0.2) is 4.79 Å². The molecule has 2 atom stereocenters. The molecule has 25 heavy (non-hydrogen) atoms. The lowest BCUT2D eigenvalue weighted by atomic mass is 10.1. The monoisotopic (exact) mass is 336 g/mol. The first-order valence-electron chi connectivity index (χ1n) is 8.28. The number of likely N-dealkylation sites (tertiary alicyclic amines) is 1. The summed E-state index contributed by atoms with van der Waals surface area (Å²) in [6.45, 7) is 3.11. The Morgan fingerprint density at radius 1 is 1.44 bits per heavy atom. The number of nitrogens with zero attached hydrogens (tertiary/aromatic N) is 3. The molecule has 6 heteroatoms. The van der Waals surface area contributed by atoms with Gasteiger partial charge in [0.05, 0.1) is 30.4 Å². The molecule has 3 rings (SSSR count). The number of rotatable bonds is 4. The molecule has 2 heterocycles. The third-order valence-electron chi connectivity index (χ3n) is 4.23. The summed E-state index contributed by atoms with van der Waals surface area (Å²) >= 11 is 0. The van der Waals surface area contributed by atoms with Gasteiger partial charge in [0.2, 0.25) is 0 Å². The second-order valence-corrected chi connectivity index (χ2v) is 6.07. The van der Waals surface area contributed by atoms with Crippen LogP contribution < -0.4 is 10.1 Å². The van der Waals surface area contributed by atoms with Crippen LogP contribution in [0.2, 0.25) is 0 Å². The summed E-state index contributed by atoms with van der Waals surface area (Å²) in [5, 5.41) is 12.0. The molecular formula is C19H20N4O2. The quantitative estimate of drug-likeness (QED) is 0.931. The Morgan fingerprint density at radius 3 is 3.08 bits per heavy atom. The van der Waals surface area contributed by atoms with Crippen molar-refractivity contribution in [1.29, 1.82) is 5.26 Å². The van der Waals surface area contributed by atoms with Gasteiger partial charge in [-0.3, -0.25) is 4.98 Å². The molecule has 1 aliphatic heterocycles. The first-order chi connectivity index (χ1) is 12.2. The second-order valence-electron chi connectivity index (χ2n) is 6.07. The van der Waals surface area contributed by atoms with Crippen LogP contribution in [0.3, 0.4) is 0 Å². The zero-order chi connectivity index (χ0) is 17.6. The lowest BCUT2D eigenvalue weighted by molar-refractivity contribution is 0.184. The SMILES string of the molecule is C[C@H](NC(=O)N1CC[C@H](Oc2cccnc2)C1)c1cccc(C#N)c1. The number of benzene rings is 1. The van der Waals surface area contributed by atoms with Crippen LogP contribution in [-0.2, 0) is 0 Å². The fraction of sp³-hybridized carbons (Fsp3) is 0.316. The Hall–Kier alpha value is -3.07. The van der Waals surface area contributed by atoms with Gasteiger partial charge in [-0.05, 0) is 36.8 Å². The number of ether oxygens (including phenoxy) is 1. The fourth-order valence-corrected chi connectivity index (χ4v) is 2.86. The first kappa shape index (κ1) is 16.8. The third kappa shape index (κ3) is 4.27. The normalized spacial score (nSPS) is 17.6. The van der Waals surface area contributed by atoms with Gasteiger partial charge in [-0.2, -0.15) is 5.26 Å². The number of carbonyl (C=O) groups is 1. The van der Waals surface area contributed by atoms with Gasteiger partial charge >= 0.3 is 6.03 Å². The summed E-state index contributed by atoms with van der Waals surface area (Å²) < 4.78 is 5.86. The zero-order valence-electron chi connectivity index (χ0n) is 14.1. The largest absolute Gasteiger partial charge is 0.487 e. The van der Waals surface area contributed by atoms with Gasteiger partial charge in [0, 0.05) is 19.2 Å². The minimum absolute atomic E-state index is 0.0211. The molecule has 0 aliphatic carbocycles. The Morgan fingerprint density at radius 2 is 2.32 bits per heavy atom. The van der Waals surface area contributed by atoms with Crippen molar-refractivity contribution in [2.24, 2.45) is 0 Å². The van der Waals surface area contributed by atoms with E-state index in [1.54, 1.807) is 29.4 Å². The molecule has 2 aromatic rings. The fourth-order valence-electron chi connectivity index (χ4n) is 2.86. The van der Waals surface area contributed by atoms with Crippen LogP contribution in [0, 0.1) is 11.3 Å². The third-order valence-corrected chi connectivity index (χ3v) is 4.23. The van der Waals surface area contributed by atoms with Crippen LogP contribution in [0.5, 0.6) is 5.75 Å². The number of hydrogen-bond acceptors (Lipinski definition) is 4. The van der Waals surface area contributed by atoms with E-state index >= 15 is 0 Å². The van der Waals surface area contributed by atoms with Crippen LogP contribution in [0.15, 0.2) is 48.8 Å². The minimum Gasteiger partial charge on any atom is -0.487 e. The highest BCUT2D eigenvalue weighted by atomic mass is 16.5. The van der Waals surface area contributed by atoms with Gasteiger partial charge in [-0.15, -0.1) is 0 Å². The van der Waals surface area contributed by atoms with Crippen molar-refractivity contribution in [3.8, 4) is 11.8 Å². The van der Waals surface area contributed by atoms with Crippen molar-refractivity contribution in [2.45, 2.75) is 25.5 Å². The lowest BCUT2D eigenvalue weighted by Crippen LogP contribution is -2.40. The van der Waals surface area contributed by atoms with E-state index in [9.17, 15) is 4.79 Å². The molecule has 1 fully saturated rings.